The molecule has 0 aliphatic carbocycles. The van der Waals surface area contributed by atoms with Gasteiger partial charge in [-0.2, -0.15) is 10.1 Å². The summed E-state index contributed by atoms with van der Waals surface area (Å²) < 4.78 is 7.18. The molecule has 2 heterocycles. The van der Waals surface area contributed by atoms with Crippen molar-refractivity contribution in [2.45, 2.75) is 26.8 Å². The highest BCUT2D eigenvalue weighted by molar-refractivity contribution is 5.88. The van der Waals surface area contributed by atoms with Crippen LogP contribution in [0.5, 0.6) is 11.8 Å². The number of ether oxygens (including phenoxy) is 1. The van der Waals surface area contributed by atoms with E-state index in [-0.39, 0.29) is 11.6 Å². The van der Waals surface area contributed by atoms with Crippen LogP contribution in [0.15, 0.2) is 18.6 Å². The van der Waals surface area contributed by atoms with Gasteiger partial charge in [-0.1, -0.05) is 6.92 Å². The van der Waals surface area contributed by atoms with Crippen LogP contribution in [0.2, 0.25) is 0 Å². The lowest BCUT2D eigenvalue weighted by molar-refractivity contribution is 0.0695. The summed E-state index contributed by atoms with van der Waals surface area (Å²) in [6.07, 6.45) is 5.52. The fourth-order valence-electron chi connectivity index (χ4n) is 1.56. The molecule has 0 aromatic carbocycles. The summed E-state index contributed by atoms with van der Waals surface area (Å²) in [6.45, 7) is 4.46. The van der Waals surface area contributed by atoms with E-state index in [0.717, 1.165) is 13.0 Å². The molecule has 0 aliphatic heterocycles. The Balaban J connectivity index is 2.14. The van der Waals surface area contributed by atoms with Crippen LogP contribution in [-0.4, -0.2) is 30.8 Å². The summed E-state index contributed by atoms with van der Waals surface area (Å²) in [7, 11) is 0. The van der Waals surface area contributed by atoms with E-state index < -0.39 is 5.97 Å². The second-order valence-corrected chi connectivity index (χ2v) is 4.00. The summed E-state index contributed by atoms with van der Waals surface area (Å²) in [5.41, 5.74) is 0.424. The lowest BCUT2D eigenvalue weighted by atomic mass is 10.2. The minimum atomic E-state index is -1.06. The molecule has 0 radical (unpaired) electrons. The van der Waals surface area contributed by atoms with Gasteiger partial charge in [0.05, 0.1) is 23.7 Å². The highest BCUT2D eigenvalue weighted by Crippen LogP contribution is 2.17. The third-order valence-electron chi connectivity index (χ3n) is 2.46. The predicted octanol–water partition coefficient (Wildman–Crippen LogP) is 1.88. The molecule has 7 nitrogen and oxygen atoms in total. The van der Waals surface area contributed by atoms with Gasteiger partial charge in [-0.15, -0.1) is 0 Å². The number of nitrogens with zero attached hydrogens (tertiary/aromatic N) is 4. The molecule has 2 rings (SSSR count). The van der Waals surface area contributed by atoms with E-state index >= 15 is 0 Å². The SMILES string of the molecule is CCCn1cc(Oc2ncc(C(=O)O)c(C)n2)cn1. The third-order valence-corrected chi connectivity index (χ3v) is 2.46. The summed E-state index contributed by atoms with van der Waals surface area (Å²) in [5.74, 6) is -0.532. The number of aryl methyl sites for hydroxylation is 2. The van der Waals surface area contributed by atoms with Gasteiger partial charge in [-0.05, 0) is 13.3 Å². The molecule has 2 aromatic heterocycles. The van der Waals surface area contributed by atoms with Crippen molar-refractivity contribution in [1.82, 2.24) is 19.7 Å². The molecule has 0 saturated heterocycles. The zero-order valence-electron chi connectivity index (χ0n) is 10.7. The quantitative estimate of drug-likeness (QED) is 0.884. The molecule has 1 N–H and O–H groups in total. The molecular weight excluding hydrogens is 248 g/mol. The molecule has 19 heavy (non-hydrogen) atoms. The van der Waals surface area contributed by atoms with Crippen LogP contribution in [-0.2, 0) is 6.54 Å². The molecule has 0 bridgehead atoms. The Hall–Kier alpha value is -2.44. The van der Waals surface area contributed by atoms with Crippen molar-refractivity contribution in [1.29, 1.82) is 0 Å². The van der Waals surface area contributed by atoms with Gasteiger partial charge in [0.2, 0.25) is 0 Å². The van der Waals surface area contributed by atoms with E-state index in [1.807, 2.05) is 0 Å². The fraction of sp³-hybridized carbons (Fsp3) is 0.333. The molecular formula is C12H14N4O3. The maximum absolute atomic E-state index is 10.8. The minimum absolute atomic E-state index is 0.0639. The standard InChI is InChI=1S/C12H14N4O3/c1-3-4-16-7-9(5-14-16)19-12-13-6-10(11(17)18)8(2)15-12/h5-7H,3-4H2,1-2H3,(H,17,18). The number of carbonyl (C=O) groups is 1. The van der Waals surface area contributed by atoms with Crippen molar-refractivity contribution in [2.24, 2.45) is 0 Å². The van der Waals surface area contributed by atoms with Gasteiger partial charge in [0.25, 0.3) is 0 Å². The zero-order chi connectivity index (χ0) is 13.8. The van der Waals surface area contributed by atoms with Crippen LogP contribution in [0.3, 0.4) is 0 Å². The van der Waals surface area contributed by atoms with E-state index in [9.17, 15) is 4.79 Å². The topological polar surface area (TPSA) is 90.1 Å². The normalized spacial score (nSPS) is 10.4. The Labute approximate surface area is 109 Å². The fourth-order valence-corrected chi connectivity index (χ4v) is 1.56. The van der Waals surface area contributed by atoms with Gasteiger partial charge in [0.1, 0.15) is 0 Å². The van der Waals surface area contributed by atoms with Crippen LogP contribution >= 0.6 is 0 Å². The lowest BCUT2D eigenvalue weighted by Crippen LogP contribution is -2.04. The van der Waals surface area contributed by atoms with Crippen LogP contribution in [0.4, 0.5) is 0 Å². The second kappa shape index (κ2) is 5.47. The Morgan fingerprint density at radius 3 is 2.89 bits per heavy atom. The number of hydrogen-bond donors (Lipinski definition) is 1. The number of carboxylic acids is 1. The van der Waals surface area contributed by atoms with Crippen molar-refractivity contribution >= 4 is 5.97 Å². The summed E-state index contributed by atoms with van der Waals surface area (Å²) >= 11 is 0. The number of aromatic nitrogens is 4. The van der Waals surface area contributed by atoms with E-state index in [4.69, 9.17) is 9.84 Å². The van der Waals surface area contributed by atoms with Gasteiger partial charge in [0, 0.05) is 12.7 Å². The zero-order valence-corrected chi connectivity index (χ0v) is 10.7. The molecule has 0 saturated carbocycles. The molecule has 0 atom stereocenters. The molecule has 100 valence electrons. The first kappa shape index (κ1) is 13.0. The summed E-state index contributed by atoms with van der Waals surface area (Å²) in [5, 5.41) is 13.0. The van der Waals surface area contributed by atoms with Gasteiger partial charge in [-0.25, -0.2) is 9.78 Å². The molecule has 7 heteroatoms. The number of rotatable bonds is 5. The Bertz CT molecular complexity index is 594. The third kappa shape index (κ3) is 3.06. The van der Waals surface area contributed by atoms with Gasteiger partial charge in [0.15, 0.2) is 5.75 Å². The van der Waals surface area contributed by atoms with Crippen LogP contribution in [0.1, 0.15) is 29.4 Å². The summed E-state index contributed by atoms with van der Waals surface area (Å²) in [4.78, 5) is 18.7. The van der Waals surface area contributed by atoms with E-state index in [1.165, 1.54) is 6.20 Å². The van der Waals surface area contributed by atoms with E-state index in [1.54, 1.807) is 24.0 Å². The van der Waals surface area contributed by atoms with Crippen molar-refractivity contribution in [3.8, 4) is 11.8 Å². The molecule has 0 aliphatic rings. The largest absolute Gasteiger partial charge is 0.478 e. The van der Waals surface area contributed by atoms with Gasteiger partial charge < -0.3 is 9.84 Å². The van der Waals surface area contributed by atoms with Crippen LogP contribution in [0.25, 0.3) is 0 Å². The van der Waals surface area contributed by atoms with Gasteiger partial charge >= 0.3 is 12.0 Å². The Morgan fingerprint density at radius 1 is 1.47 bits per heavy atom. The maximum Gasteiger partial charge on any atom is 0.339 e. The highest BCUT2D eigenvalue weighted by atomic mass is 16.5. The molecule has 0 fully saturated rings. The van der Waals surface area contributed by atoms with Crippen molar-refractivity contribution in [3.05, 3.63) is 29.8 Å². The van der Waals surface area contributed by atoms with Crippen molar-refractivity contribution in [3.63, 3.8) is 0 Å². The average Bonchev–Trinajstić information content (AvgIpc) is 2.76. The van der Waals surface area contributed by atoms with Crippen LogP contribution in [0, 0.1) is 6.92 Å². The van der Waals surface area contributed by atoms with Crippen molar-refractivity contribution in [2.75, 3.05) is 0 Å². The first-order valence-corrected chi connectivity index (χ1v) is 5.87. The average molecular weight is 262 g/mol. The van der Waals surface area contributed by atoms with Crippen LogP contribution < -0.4 is 4.74 Å². The minimum Gasteiger partial charge on any atom is -0.478 e. The molecule has 0 spiro atoms. The molecule has 0 amide bonds. The first-order chi connectivity index (χ1) is 9.10. The smallest absolute Gasteiger partial charge is 0.339 e. The number of aromatic carboxylic acids is 1. The molecule has 0 unspecified atom stereocenters. The number of hydrogen-bond acceptors (Lipinski definition) is 5. The first-order valence-electron chi connectivity index (χ1n) is 5.87. The number of carboxylic acid groups (broad SMARTS) is 1. The maximum atomic E-state index is 10.8. The second-order valence-electron chi connectivity index (χ2n) is 4.00. The van der Waals surface area contributed by atoms with E-state index in [2.05, 4.69) is 22.0 Å². The van der Waals surface area contributed by atoms with Gasteiger partial charge in [-0.3, -0.25) is 4.68 Å². The van der Waals surface area contributed by atoms with E-state index in [0.29, 0.717) is 11.4 Å². The predicted molar refractivity (Wildman–Crippen MR) is 66.3 cm³/mol. The van der Waals surface area contributed by atoms with Crippen molar-refractivity contribution < 1.29 is 14.6 Å². The Kier molecular flexibility index (Phi) is 3.74. The summed E-state index contributed by atoms with van der Waals surface area (Å²) in [6, 6.07) is 0.110. The monoisotopic (exact) mass is 262 g/mol. The Morgan fingerprint density at radius 2 is 2.26 bits per heavy atom. The highest BCUT2D eigenvalue weighted by Gasteiger charge is 2.11. The molecule has 2 aromatic rings. The lowest BCUT2D eigenvalue weighted by Gasteiger charge is -2.03.